The maximum atomic E-state index is 2.41. The van der Waals surface area contributed by atoms with E-state index in [1.165, 1.54) is 76.1 Å². The van der Waals surface area contributed by atoms with Gasteiger partial charge in [0.2, 0.25) is 5.69 Å². The molecule has 0 aliphatic heterocycles. The molecule has 0 radical (unpaired) electrons. The molecule has 0 bridgehead atoms. The van der Waals surface area contributed by atoms with Gasteiger partial charge in [-0.15, -0.1) is 0 Å². The minimum atomic E-state index is 0.511. The third kappa shape index (κ3) is 4.87. The zero-order chi connectivity index (χ0) is 25.4. The molecule has 0 atom stereocenters. The zero-order valence-electron chi connectivity index (χ0n) is 22.8. The van der Waals surface area contributed by atoms with Gasteiger partial charge in [-0.25, -0.2) is 0 Å². The average molecular weight is 477 g/mol. The SMILES string of the molecule is Cc1cc(-c2ccccc2C)[n+](C)c(-c2cc(-c3ccc(C4CCC(C)(C)CC4)cc3)cc[n+]2C)c1. The van der Waals surface area contributed by atoms with Crippen LogP contribution >= 0.6 is 0 Å². The Bertz CT molecular complexity index is 1390. The molecule has 5 rings (SSSR count). The van der Waals surface area contributed by atoms with Crippen molar-refractivity contribution >= 4 is 0 Å². The van der Waals surface area contributed by atoms with Gasteiger partial charge < -0.3 is 0 Å². The number of aryl methyl sites for hydroxylation is 3. The van der Waals surface area contributed by atoms with Crippen molar-refractivity contribution in [1.29, 1.82) is 0 Å². The second-order valence-corrected chi connectivity index (χ2v) is 11.6. The van der Waals surface area contributed by atoms with Crippen LogP contribution in [0, 0.1) is 19.3 Å². The largest absolute Gasteiger partial charge is 0.277 e. The van der Waals surface area contributed by atoms with Gasteiger partial charge in [-0.3, -0.25) is 0 Å². The number of pyridine rings is 2. The monoisotopic (exact) mass is 476 g/mol. The molecule has 2 heteroatoms. The molecule has 0 amide bonds. The fourth-order valence-corrected chi connectivity index (χ4v) is 5.85. The summed E-state index contributed by atoms with van der Waals surface area (Å²) in [7, 11) is 4.33. The van der Waals surface area contributed by atoms with Crippen LogP contribution in [-0.4, -0.2) is 0 Å². The fraction of sp³-hybridized carbons (Fsp3) is 0.353. The molecule has 1 aliphatic rings. The highest BCUT2D eigenvalue weighted by Gasteiger charge is 2.28. The minimum absolute atomic E-state index is 0.511. The maximum absolute atomic E-state index is 2.41. The molecule has 0 unspecified atom stereocenters. The van der Waals surface area contributed by atoms with Gasteiger partial charge in [0.25, 0.3) is 11.4 Å². The summed E-state index contributed by atoms with van der Waals surface area (Å²) in [5.74, 6) is 0.711. The number of rotatable bonds is 4. The maximum Gasteiger partial charge on any atom is 0.277 e. The second kappa shape index (κ2) is 9.65. The second-order valence-electron chi connectivity index (χ2n) is 11.6. The van der Waals surface area contributed by atoms with Crippen LogP contribution in [0.5, 0.6) is 0 Å². The average Bonchev–Trinajstić information content (AvgIpc) is 2.86. The van der Waals surface area contributed by atoms with E-state index in [1.54, 1.807) is 0 Å². The van der Waals surface area contributed by atoms with Crippen molar-refractivity contribution < 1.29 is 9.13 Å². The predicted molar refractivity (Wildman–Crippen MR) is 150 cm³/mol. The molecule has 2 nitrogen and oxygen atoms in total. The lowest BCUT2D eigenvalue weighted by Crippen LogP contribution is -2.40. The summed E-state index contributed by atoms with van der Waals surface area (Å²) in [6.07, 6.45) is 7.47. The van der Waals surface area contributed by atoms with Gasteiger partial charge in [0, 0.05) is 29.8 Å². The van der Waals surface area contributed by atoms with Gasteiger partial charge in [-0.1, -0.05) is 56.3 Å². The lowest BCUT2D eigenvalue weighted by molar-refractivity contribution is -0.685. The first-order valence-corrected chi connectivity index (χ1v) is 13.4. The van der Waals surface area contributed by atoms with Crippen LogP contribution in [0.3, 0.4) is 0 Å². The van der Waals surface area contributed by atoms with Gasteiger partial charge in [0.1, 0.15) is 14.1 Å². The van der Waals surface area contributed by atoms with Crippen LogP contribution in [0.2, 0.25) is 0 Å². The van der Waals surface area contributed by atoms with Crippen molar-refractivity contribution in [2.24, 2.45) is 19.5 Å². The van der Waals surface area contributed by atoms with Crippen LogP contribution in [0.25, 0.3) is 33.8 Å². The molecule has 184 valence electrons. The third-order valence-corrected chi connectivity index (χ3v) is 8.34. The van der Waals surface area contributed by atoms with Gasteiger partial charge in [0.05, 0.1) is 0 Å². The highest BCUT2D eigenvalue weighted by atomic mass is 15.0. The van der Waals surface area contributed by atoms with Crippen LogP contribution in [0.1, 0.15) is 62.1 Å². The topological polar surface area (TPSA) is 7.76 Å². The Kier molecular flexibility index (Phi) is 6.55. The van der Waals surface area contributed by atoms with Crippen molar-refractivity contribution in [2.75, 3.05) is 0 Å². The Labute approximate surface area is 217 Å². The van der Waals surface area contributed by atoms with E-state index in [4.69, 9.17) is 0 Å². The van der Waals surface area contributed by atoms with E-state index in [1.807, 2.05) is 0 Å². The molecule has 2 heterocycles. The molecule has 1 aliphatic carbocycles. The van der Waals surface area contributed by atoms with Gasteiger partial charge >= 0.3 is 0 Å². The molecular weight excluding hydrogens is 436 g/mol. The number of hydrogen-bond donors (Lipinski definition) is 0. The summed E-state index contributed by atoms with van der Waals surface area (Å²) in [6.45, 7) is 9.21. The van der Waals surface area contributed by atoms with Crippen molar-refractivity contribution in [2.45, 2.75) is 59.3 Å². The van der Waals surface area contributed by atoms with E-state index < -0.39 is 0 Å². The highest BCUT2D eigenvalue weighted by molar-refractivity contribution is 5.68. The fourth-order valence-electron chi connectivity index (χ4n) is 5.85. The smallest absolute Gasteiger partial charge is 0.196 e. The molecule has 2 aromatic carbocycles. The Morgan fingerprint density at radius 1 is 0.722 bits per heavy atom. The van der Waals surface area contributed by atoms with Crippen molar-refractivity contribution in [3.8, 4) is 33.8 Å². The lowest BCUT2D eigenvalue weighted by atomic mass is 9.71. The summed E-state index contributed by atoms with van der Waals surface area (Å²) >= 11 is 0. The highest BCUT2D eigenvalue weighted by Crippen LogP contribution is 2.42. The molecule has 0 spiro atoms. The number of hydrogen-bond acceptors (Lipinski definition) is 0. The van der Waals surface area contributed by atoms with Crippen LogP contribution in [0.4, 0.5) is 0 Å². The Morgan fingerprint density at radius 3 is 2.08 bits per heavy atom. The zero-order valence-corrected chi connectivity index (χ0v) is 22.8. The summed E-state index contributed by atoms with van der Waals surface area (Å²) in [6, 6.07) is 27.2. The van der Waals surface area contributed by atoms with Crippen LogP contribution in [-0.2, 0) is 14.1 Å². The molecule has 1 fully saturated rings. The lowest BCUT2D eigenvalue weighted by Gasteiger charge is -2.34. The van der Waals surface area contributed by atoms with Gasteiger partial charge in [-0.05, 0) is 84.7 Å². The van der Waals surface area contributed by atoms with Crippen molar-refractivity contribution in [3.63, 3.8) is 0 Å². The first-order valence-electron chi connectivity index (χ1n) is 13.4. The molecule has 1 saturated carbocycles. The molecule has 0 saturated heterocycles. The summed E-state index contributed by atoms with van der Waals surface area (Å²) in [5.41, 5.74) is 12.1. The number of benzene rings is 2. The van der Waals surface area contributed by atoms with E-state index in [2.05, 4.69) is 130 Å². The first kappa shape index (κ1) is 24.4. The Morgan fingerprint density at radius 2 is 1.39 bits per heavy atom. The Hall–Kier alpha value is -3.26. The number of nitrogens with zero attached hydrogens (tertiary/aromatic N) is 2. The van der Waals surface area contributed by atoms with Crippen molar-refractivity contribution in [3.05, 3.63) is 95.7 Å². The van der Waals surface area contributed by atoms with Gasteiger partial charge in [0.15, 0.2) is 6.20 Å². The van der Waals surface area contributed by atoms with E-state index in [0.29, 0.717) is 11.3 Å². The summed E-state index contributed by atoms with van der Waals surface area (Å²) in [4.78, 5) is 0. The summed E-state index contributed by atoms with van der Waals surface area (Å²) in [5, 5.41) is 0. The molecule has 2 aromatic heterocycles. The van der Waals surface area contributed by atoms with Gasteiger partial charge in [-0.2, -0.15) is 9.13 Å². The minimum Gasteiger partial charge on any atom is -0.196 e. The molecule has 0 N–H and O–H groups in total. The molecular formula is C34H40N2+2. The predicted octanol–water partition coefficient (Wildman–Crippen LogP) is 7.64. The number of aromatic nitrogens is 2. The van der Waals surface area contributed by atoms with E-state index in [0.717, 1.165) is 0 Å². The Balaban J connectivity index is 1.49. The normalized spacial score (nSPS) is 15.7. The van der Waals surface area contributed by atoms with E-state index >= 15 is 0 Å². The van der Waals surface area contributed by atoms with E-state index in [9.17, 15) is 0 Å². The summed E-state index contributed by atoms with van der Waals surface area (Å²) < 4.78 is 4.57. The van der Waals surface area contributed by atoms with Crippen LogP contribution in [0.15, 0.2) is 79.0 Å². The third-order valence-electron chi connectivity index (χ3n) is 8.34. The van der Waals surface area contributed by atoms with Crippen LogP contribution < -0.4 is 9.13 Å². The molecule has 36 heavy (non-hydrogen) atoms. The quantitative estimate of drug-likeness (QED) is 0.267. The first-order chi connectivity index (χ1) is 17.2. The van der Waals surface area contributed by atoms with E-state index in [-0.39, 0.29) is 0 Å². The standard InChI is InChI=1S/C34H40N2/c1-24-21-31(30-10-8-7-9-25(30)2)36(6)33(22-24)32-23-29(17-20-35(32)5)27-13-11-26(12-14-27)28-15-18-34(3,4)19-16-28/h7-14,17,20-23,28H,15-16,18-19H2,1-6H3/q+2. The van der Waals surface area contributed by atoms with Crippen molar-refractivity contribution in [1.82, 2.24) is 0 Å². The molecule has 4 aromatic rings.